The van der Waals surface area contributed by atoms with E-state index in [-0.39, 0.29) is 22.5 Å². The molecule has 3 aromatic rings. The molecule has 2 N–H and O–H groups in total. The van der Waals surface area contributed by atoms with Crippen LogP contribution >= 0.6 is 11.3 Å². The first-order valence-electron chi connectivity index (χ1n) is 9.85. The second-order valence-electron chi connectivity index (χ2n) is 8.51. The van der Waals surface area contributed by atoms with E-state index >= 15 is 0 Å². The molecule has 3 rings (SSSR count). The van der Waals surface area contributed by atoms with Crippen molar-refractivity contribution in [1.82, 2.24) is 4.98 Å². The van der Waals surface area contributed by atoms with Gasteiger partial charge in [0.2, 0.25) is 0 Å². The van der Waals surface area contributed by atoms with Gasteiger partial charge in [-0.2, -0.15) is 0 Å². The van der Waals surface area contributed by atoms with Gasteiger partial charge in [0.25, 0.3) is 11.4 Å². The maximum Gasteiger partial charge on any atom is 0.335 e. The molecular formula is C22H22N4O6S. The Hall–Kier alpha value is -3.86. The molecule has 33 heavy (non-hydrogen) atoms. The van der Waals surface area contributed by atoms with E-state index < -0.39 is 21.2 Å². The molecule has 0 amide bonds. The Kier molecular flexibility index (Phi) is 6.19. The van der Waals surface area contributed by atoms with E-state index in [2.05, 4.69) is 10.3 Å². The number of carboxylic acid groups (broad SMARTS) is 1. The standard InChI is InChI=1S/C22H22N4O6S/c1-11-16(12(2)19(26(31)32)17(22(3,4)5)18(11)25(29)30)15-10-33-21(24-15)23-14-8-6-7-13(9-14)20(27)28/h6-10H,1-5H3,(H,23,24)(H,27,28). The number of nitro benzene ring substituents is 2. The summed E-state index contributed by atoms with van der Waals surface area (Å²) in [4.78, 5) is 38.5. The molecule has 0 atom stereocenters. The predicted octanol–water partition coefficient (Wildman–Crippen LogP) is 5.98. The first kappa shape index (κ1) is 23.8. The molecule has 2 aromatic carbocycles. The Labute approximate surface area is 193 Å². The third-order valence-corrected chi connectivity index (χ3v) is 5.93. The molecule has 0 unspecified atom stereocenters. The zero-order valence-corrected chi connectivity index (χ0v) is 19.4. The zero-order valence-electron chi connectivity index (χ0n) is 18.6. The van der Waals surface area contributed by atoms with Crippen LogP contribution < -0.4 is 5.32 Å². The number of aromatic carboxylic acids is 1. The van der Waals surface area contributed by atoms with Crippen molar-refractivity contribution in [3.05, 3.63) is 72.1 Å². The summed E-state index contributed by atoms with van der Waals surface area (Å²) in [7, 11) is 0. The summed E-state index contributed by atoms with van der Waals surface area (Å²) < 4.78 is 0. The normalized spacial score (nSPS) is 11.3. The van der Waals surface area contributed by atoms with E-state index in [0.717, 1.165) is 0 Å². The van der Waals surface area contributed by atoms with Crippen LogP contribution in [0.5, 0.6) is 0 Å². The van der Waals surface area contributed by atoms with Crippen LogP contribution in [0.2, 0.25) is 0 Å². The topological polar surface area (TPSA) is 149 Å². The van der Waals surface area contributed by atoms with Crippen LogP contribution in [0.15, 0.2) is 29.6 Å². The smallest absolute Gasteiger partial charge is 0.335 e. The predicted molar refractivity (Wildman–Crippen MR) is 126 cm³/mol. The molecule has 0 fully saturated rings. The van der Waals surface area contributed by atoms with Gasteiger partial charge in [-0.1, -0.05) is 26.8 Å². The van der Waals surface area contributed by atoms with Crippen molar-refractivity contribution >= 4 is 39.5 Å². The quantitative estimate of drug-likeness (QED) is 0.330. The van der Waals surface area contributed by atoms with Crippen molar-refractivity contribution in [3.63, 3.8) is 0 Å². The summed E-state index contributed by atoms with van der Waals surface area (Å²) in [6.07, 6.45) is 0. The van der Waals surface area contributed by atoms with Crippen molar-refractivity contribution in [2.24, 2.45) is 0 Å². The maximum absolute atomic E-state index is 12.0. The van der Waals surface area contributed by atoms with Crippen molar-refractivity contribution in [2.75, 3.05) is 5.32 Å². The number of benzene rings is 2. The molecular weight excluding hydrogens is 448 g/mol. The Morgan fingerprint density at radius 2 is 1.67 bits per heavy atom. The van der Waals surface area contributed by atoms with E-state index in [1.165, 1.54) is 23.5 Å². The maximum atomic E-state index is 12.0. The van der Waals surface area contributed by atoms with Crippen molar-refractivity contribution in [2.45, 2.75) is 40.0 Å². The summed E-state index contributed by atoms with van der Waals surface area (Å²) in [5.74, 6) is -1.07. The fourth-order valence-electron chi connectivity index (χ4n) is 3.86. The van der Waals surface area contributed by atoms with E-state index in [4.69, 9.17) is 5.11 Å². The molecule has 0 bridgehead atoms. The first-order chi connectivity index (χ1) is 15.3. The summed E-state index contributed by atoms with van der Waals surface area (Å²) in [5, 5.41) is 38.2. The number of nitrogens with one attached hydrogen (secondary N) is 1. The number of anilines is 2. The van der Waals surface area contributed by atoms with Crippen LogP contribution in [0.25, 0.3) is 11.3 Å². The Morgan fingerprint density at radius 3 is 2.15 bits per heavy atom. The molecule has 0 aliphatic rings. The highest BCUT2D eigenvalue weighted by molar-refractivity contribution is 7.14. The van der Waals surface area contributed by atoms with Crippen LogP contribution in [0.4, 0.5) is 22.2 Å². The second-order valence-corrected chi connectivity index (χ2v) is 9.37. The number of carbonyl (C=O) groups is 1. The fraction of sp³-hybridized carbons (Fsp3) is 0.273. The SMILES string of the molecule is Cc1c(-c2csc(Nc3cccc(C(=O)O)c3)n2)c(C)c([N+](=O)[O-])c(C(C)(C)C)c1[N+](=O)[O-]. The van der Waals surface area contributed by atoms with E-state index in [1.54, 1.807) is 52.1 Å². The summed E-state index contributed by atoms with van der Waals surface area (Å²) in [6, 6.07) is 6.18. The monoisotopic (exact) mass is 470 g/mol. The molecule has 0 aliphatic heterocycles. The number of carboxylic acids is 1. The molecule has 0 saturated carbocycles. The molecule has 1 aromatic heterocycles. The number of nitro groups is 2. The summed E-state index contributed by atoms with van der Waals surface area (Å²) >= 11 is 1.20. The molecule has 172 valence electrons. The molecule has 0 aliphatic carbocycles. The largest absolute Gasteiger partial charge is 0.478 e. The fourth-order valence-corrected chi connectivity index (χ4v) is 4.58. The zero-order chi connectivity index (χ0) is 24.7. The molecule has 0 spiro atoms. The van der Waals surface area contributed by atoms with Gasteiger partial charge in [0.05, 0.1) is 21.1 Å². The van der Waals surface area contributed by atoms with Gasteiger partial charge in [0.1, 0.15) is 5.56 Å². The number of aromatic nitrogens is 1. The van der Waals surface area contributed by atoms with E-state index in [0.29, 0.717) is 33.2 Å². The lowest BCUT2D eigenvalue weighted by Gasteiger charge is -2.22. The number of nitrogens with zero attached hydrogens (tertiary/aromatic N) is 3. The minimum absolute atomic E-state index is 0.0790. The third kappa shape index (κ3) is 4.53. The molecule has 10 nitrogen and oxygen atoms in total. The third-order valence-electron chi connectivity index (χ3n) is 5.17. The van der Waals surface area contributed by atoms with Crippen molar-refractivity contribution < 1.29 is 19.7 Å². The first-order valence-corrected chi connectivity index (χ1v) is 10.7. The Morgan fingerprint density at radius 1 is 1.09 bits per heavy atom. The lowest BCUT2D eigenvalue weighted by molar-refractivity contribution is -0.396. The van der Waals surface area contributed by atoms with E-state index in [1.807, 2.05) is 0 Å². The second kappa shape index (κ2) is 8.58. The van der Waals surface area contributed by atoms with Crippen molar-refractivity contribution in [1.29, 1.82) is 0 Å². The number of rotatable bonds is 6. The van der Waals surface area contributed by atoms with Crippen molar-refractivity contribution in [3.8, 4) is 11.3 Å². The lowest BCUT2D eigenvalue weighted by Crippen LogP contribution is -2.19. The lowest BCUT2D eigenvalue weighted by atomic mass is 9.80. The van der Waals surface area contributed by atoms with Crippen LogP contribution in [0.3, 0.4) is 0 Å². The molecule has 0 saturated heterocycles. The number of thiazole rings is 1. The van der Waals surface area contributed by atoms with Crippen LogP contribution in [-0.2, 0) is 5.41 Å². The highest BCUT2D eigenvalue weighted by Crippen LogP contribution is 2.47. The minimum Gasteiger partial charge on any atom is -0.478 e. The van der Waals surface area contributed by atoms with Crippen LogP contribution in [0, 0.1) is 34.1 Å². The van der Waals surface area contributed by atoms with Gasteiger partial charge < -0.3 is 10.4 Å². The van der Waals surface area contributed by atoms with Gasteiger partial charge in [-0.15, -0.1) is 11.3 Å². The highest BCUT2D eigenvalue weighted by atomic mass is 32.1. The van der Waals surface area contributed by atoms with Gasteiger partial charge in [0, 0.05) is 33.2 Å². The van der Waals surface area contributed by atoms with Crippen LogP contribution in [0.1, 0.15) is 47.8 Å². The van der Waals surface area contributed by atoms with Crippen LogP contribution in [-0.4, -0.2) is 25.9 Å². The van der Waals surface area contributed by atoms with Gasteiger partial charge in [0.15, 0.2) is 5.13 Å². The average molecular weight is 471 g/mol. The van der Waals surface area contributed by atoms with Gasteiger partial charge in [-0.25, -0.2) is 9.78 Å². The van der Waals surface area contributed by atoms with Gasteiger partial charge in [-0.3, -0.25) is 20.2 Å². The average Bonchev–Trinajstić information content (AvgIpc) is 3.14. The Bertz CT molecular complexity index is 1250. The summed E-state index contributed by atoms with van der Waals surface area (Å²) in [6.45, 7) is 8.26. The highest BCUT2D eigenvalue weighted by Gasteiger charge is 2.39. The number of hydrogen-bond acceptors (Lipinski definition) is 8. The van der Waals surface area contributed by atoms with Gasteiger partial charge >= 0.3 is 5.97 Å². The molecule has 11 heteroatoms. The Balaban J connectivity index is 2.18. The molecule has 0 radical (unpaired) electrons. The summed E-state index contributed by atoms with van der Waals surface area (Å²) in [5.41, 5.74) is 0.590. The number of hydrogen-bond donors (Lipinski definition) is 2. The molecule has 1 heterocycles. The minimum atomic E-state index is -1.07. The van der Waals surface area contributed by atoms with E-state index in [9.17, 15) is 25.0 Å². The van der Waals surface area contributed by atoms with Gasteiger partial charge in [-0.05, 0) is 32.0 Å².